The van der Waals surface area contributed by atoms with Crippen LogP contribution < -0.4 is 5.32 Å². The number of carbonyl (C=O) groups is 3. The second-order valence-electron chi connectivity index (χ2n) is 4.32. The van der Waals surface area contributed by atoms with Crippen molar-refractivity contribution in [3.05, 3.63) is 29.8 Å². The van der Waals surface area contributed by atoms with Crippen LogP contribution in [-0.2, 0) is 20.7 Å². The lowest BCUT2D eigenvalue weighted by Crippen LogP contribution is -2.36. The Kier molecular flexibility index (Phi) is 6.19. The molecular formula is C14H18N2O5. The molecule has 1 aromatic rings. The van der Waals surface area contributed by atoms with Crippen LogP contribution in [0, 0.1) is 0 Å². The molecule has 0 heterocycles. The fourth-order valence-corrected chi connectivity index (χ4v) is 1.64. The van der Waals surface area contributed by atoms with E-state index < -0.39 is 18.0 Å². The van der Waals surface area contributed by atoms with Gasteiger partial charge in [0.15, 0.2) is 0 Å². The van der Waals surface area contributed by atoms with E-state index in [1.165, 1.54) is 7.05 Å². The summed E-state index contributed by atoms with van der Waals surface area (Å²) >= 11 is 0. The van der Waals surface area contributed by atoms with Crippen LogP contribution in [0.25, 0.3) is 0 Å². The molecular weight excluding hydrogens is 276 g/mol. The van der Waals surface area contributed by atoms with E-state index in [1.54, 1.807) is 31.2 Å². The first kappa shape index (κ1) is 16.5. The van der Waals surface area contributed by atoms with E-state index >= 15 is 0 Å². The number of rotatable bonds is 6. The first-order valence-corrected chi connectivity index (χ1v) is 6.41. The number of carbonyl (C=O) groups excluding carboxylic acids is 2. The average molecular weight is 294 g/mol. The maximum atomic E-state index is 11.9. The Balaban J connectivity index is 2.70. The Bertz CT molecular complexity index is 530. The Labute approximate surface area is 122 Å². The molecule has 114 valence electrons. The summed E-state index contributed by atoms with van der Waals surface area (Å²) in [5, 5.41) is 11.4. The molecule has 0 aromatic heterocycles. The van der Waals surface area contributed by atoms with Crippen LogP contribution in [0.3, 0.4) is 0 Å². The number of carboxylic acids is 1. The predicted octanol–water partition coefficient (Wildman–Crippen LogP) is 1.34. The minimum absolute atomic E-state index is 0.180. The Morgan fingerprint density at radius 1 is 1.29 bits per heavy atom. The lowest BCUT2D eigenvalue weighted by atomic mass is 10.1. The Morgan fingerprint density at radius 3 is 2.57 bits per heavy atom. The summed E-state index contributed by atoms with van der Waals surface area (Å²) in [6.45, 7) is 1.75. The van der Waals surface area contributed by atoms with Gasteiger partial charge in [0.1, 0.15) is 6.54 Å². The third-order valence-electron chi connectivity index (χ3n) is 2.62. The van der Waals surface area contributed by atoms with Crippen molar-refractivity contribution in [2.75, 3.05) is 25.5 Å². The summed E-state index contributed by atoms with van der Waals surface area (Å²) in [6.07, 6.45) is -0.196. The second-order valence-corrected chi connectivity index (χ2v) is 4.32. The predicted molar refractivity (Wildman–Crippen MR) is 76.1 cm³/mol. The first-order chi connectivity index (χ1) is 9.93. The molecule has 7 heteroatoms. The highest BCUT2D eigenvalue weighted by molar-refractivity contribution is 5.92. The van der Waals surface area contributed by atoms with Gasteiger partial charge in [0.2, 0.25) is 0 Å². The SMILES string of the molecule is CCOC(=O)CN(C)C(=O)Nc1ccccc1CC(=O)O. The summed E-state index contributed by atoms with van der Waals surface area (Å²) in [7, 11) is 1.45. The highest BCUT2D eigenvalue weighted by Crippen LogP contribution is 2.16. The van der Waals surface area contributed by atoms with Crippen molar-refractivity contribution in [3.8, 4) is 0 Å². The van der Waals surface area contributed by atoms with Gasteiger partial charge in [-0.25, -0.2) is 4.79 Å². The molecule has 0 fully saturated rings. The third kappa shape index (κ3) is 5.52. The molecule has 2 N–H and O–H groups in total. The number of hydrogen-bond donors (Lipinski definition) is 2. The maximum absolute atomic E-state index is 11.9. The van der Waals surface area contributed by atoms with E-state index in [0.717, 1.165) is 4.90 Å². The maximum Gasteiger partial charge on any atom is 0.325 e. The molecule has 0 aliphatic carbocycles. The van der Waals surface area contributed by atoms with E-state index in [2.05, 4.69) is 5.32 Å². The number of aliphatic carboxylic acids is 1. The summed E-state index contributed by atoms with van der Waals surface area (Å²) in [5.41, 5.74) is 0.892. The number of nitrogens with zero attached hydrogens (tertiary/aromatic N) is 1. The molecule has 0 aliphatic heterocycles. The van der Waals surface area contributed by atoms with Gasteiger partial charge in [-0.15, -0.1) is 0 Å². The number of hydrogen-bond acceptors (Lipinski definition) is 4. The van der Waals surface area contributed by atoms with E-state index in [1.807, 2.05) is 0 Å². The first-order valence-electron chi connectivity index (χ1n) is 6.41. The molecule has 0 unspecified atom stereocenters. The zero-order valence-electron chi connectivity index (χ0n) is 12.0. The Hall–Kier alpha value is -2.57. The number of urea groups is 1. The van der Waals surface area contributed by atoms with Gasteiger partial charge < -0.3 is 20.1 Å². The van der Waals surface area contributed by atoms with Crippen molar-refractivity contribution in [2.24, 2.45) is 0 Å². The van der Waals surface area contributed by atoms with Crippen LogP contribution in [0.15, 0.2) is 24.3 Å². The average Bonchev–Trinajstić information content (AvgIpc) is 2.40. The number of nitrogens with one attached hydrogen (secondary N) is 1. The molecule has 7 nitrogen and oxygen atoms in total. The molecule has 0 spiro atoms. The number of ether oxygens (including phenoxy) is 1. The van der Waals surface area contributed by atoms with Crippen LogP contribution in [0.1, 0.15) is 12.5 Å². The van der Waals surface area contributed by atoms with Gasteiger partial charge in [-0.2, -0.15) is 0 Å². The molecule has 1 aromatic carbocycles. The number of benzene rings is 1. The van der Waals surface area contributed by atoms with Gasteiger partial charge in [-0.05, 0) is 18.6 Å². The van der Waals surface area contributed by atoms with Gasteiger partial charge in [0.25, 0.3) is 0 Å². The zero-order chi connectivity index (χ0) is 15.8. The number of likely N-dealkylation sites (N-methyl/N-ethyl adjacent to an activating group) is 1. The summed E-state index contributed by atoms with van der Waals surface area (Å²) in [4.78, 5) is 35.2. The molecule has 0 saturated carbocycles. The number of esters is 1. The fourth-order valence-electron chi connectivity index (χ4n) is 1.64. The monoisotopic (exact) mass is 294 g/mol. The van der Waals surface area contributed by atoms with Gasteiger partial charge in [-0.3, -0.25) is 9.59 Å². The van der Waals surface area contributed by atoms with Gasteiger partial charge in [0, 0.05) is 12.7 Å². The second kappa shape index (κ2) is 7.88. The largest absolute Gasteiger partial charge is 0.481 e. The molecule has 2 amide bonds. The molecule has 0 aliphatic rings. The van der Waals surface area contributed by atoms with Crippen molar-refractivity contribution in [3.63, 3.8) is 0 Å². The number of para-hydroxylation sites is 1. The van der Waals surface area contributed by atoms with E-state index in [-0.39, 0.29) is 19.6 Å². The summed E-state index contributed by atoms with van der Waals surface area (Å²) < 4.78 is 4.75. The molecule has 0 bridgehead atoms. The highest BCUT2D eigenvalue weighted by Gasteiger charge is 2.15. The van der Waals surface area contributed by atoms with Crippen molar-refractivity contribution in [1.82, 2.24) is 4.90 Å². The number of amides is 2. The fraction of sp³-hybridized carbons (Fsp3) is 0.357. The zero-order valence-corrected chi connectivity index (χ0v) is 12.0. The standard InChI is InChI=1S/C14H18N2O5/c1-3-21-13(19)9-16(2)14(20)15-11-7-5-4-6-10(11)8-12(17)18/h4-7H,3,8-9H2,1-2H3,(H,15,20)(H,17,18). The lowest BCUT2D eigenvalue weighted by Gasteiger charge is -2.18. The van der Waals surface area contributed by atoms with Crippen LogP contribution in [-0.4, -0.2) is 48.2 Å². The molecule has 0 atom stereocenters. The minimum Gasteiger partial charge on any atom is -0.481 e. The molecule has 0 saturated heterocycles. The van der Waals surface area contributed by atoms with Crippen LogP contribution in [0.2, 0.25) is 0 Å². The van der Waals surface area contributed by atoms with Crippen LogP contribution >= 0.6 is 0 Å². The number of anilines is 1. The molecule has 1 rings (SSSR count). The van der Waals surface area contributed by atoms with Crippen molar-refractivity contribution < 1.29 is 24.2 Å². The third-order valence-corrected chi connectivity index (χ3v) is 2.62. The summed E-state index contributed by atoms with van der Waals surface area (Å²) in [6, 6.07) is 6.09. The molecule has 21 heavy (non-hydrogen) atoms. The lowest BCUT2D eigenvalue weighted by molar-refractivity contribution is -0.143. The van der Waals surface area contributed by atoms with Gasteiger partial charge in [-0.1, -0.05) is 18.2 Å². The number of carboxylic acid groups (broad SMARTS) is 1. The normalized spacial score (nSPS) is 9.81. The van der Waals surface area contributed by atoms with Gasteiger partial charge in [0.05, 0.1) is 13.0 Å². The topological polar surface area (TPSA) is 95.9 Å². The minimum atomic E-state index is -0.989. The molecule has 0 radical (unpaired) electrons. The van der Waals surface area contributed by atoms with Gasteiger partial charge >= 0.3 is 18.0 Å². The van der Waals surface area contributed by atoms with Crippen molar-refractivity contribution >= 4 is 23.7 Å². The smallest absolute Gasteiger partial charge is 0.325 e. The van der Waals surface area contributed by atoms with Crippen molar-refractivity contribution in [1.29, 1.82) is 0 Å². The van der Waals surface area contributed by atoms with E-state index in [9.17, 15) is 14.4 Å². The highest BCUT2D eigenvalue weighted by atomic mass is 16.5. The van der Waals surface area contributed by atoms with E-state index in [4.69, 9.17) is 9.84 Å². The summed E-state index contributed by atoms with van der Waals surface area (Å²) in [5.74, 6) is -1.49. The van der Waals surface area contributed by atoms with E-state index in [0.29, 0.717) is 11.3 Å². The van der Waals surface area contributed by atoms with Crippen LogP contribution in [0.5, 0.6) is 0 Å². The van der Waals surface area contributed by atoms with Crippen LogP contribution in [0.4, 0.5) is 10.5 Å². The Morgan fingerprint density at radius 2 is 1.95 bits per heavy atom. The van der Waals surface area contributed by atoms with Crippen molar-refractivity contribution in [2.45, 2.75) is 13.3 Å². The quantitative estimate of drug-likeness (QED) is 0.772.